The number of hydrogen-bond acceptors (Lipinski definition) is 6. The molecule has 2 aromatic rings. The number of methoxy groups -OCH3 is 1. The fraction of sp³-hybridized carbons (Fsp3) is 0.579. The van der Waals surface area contributed by atoms with Crippen LogP contribution >= 0.6 is 11.8 Å². The average molecular weight is 370 g/mol. The molecule has 4 fully saturated rings. The van der Waals surface area contributed by atoms with E-state index in [1.165, 1.54) is 45.6 Å². The van der Waals surface area contributed by atoms with Gasteiger partial charge in [0, 0.05) is 4.75 Å². The van der Waals surface area contributed by atoms with Crippen molar-refractivity contribution < 1.29 is 9.53 Å². The van der Waals surface area contributed by atoms with Gasteiger partial charge in [0.1, 0.15) is 0 Å². The summed E-state index contributed by atoms with van der Waals surface area (Å²) < 4.78 is 6.87. The fourth-order valence-corrected chi connectivity index (χ4v) is 7.26. The van der Waals surface area contributed by atoms with E-state index in [9.17, 15) is 4.79 Å². The number of benzene rings is 1. The van der Waals surface area contributed by atoms with Gasteiger partial charge in [-0.2, -0.15) is 4.68 Å². The van der Waals surface area contributed by atoms with E-state index in [4.69, 9.17) is 4.74 Å². The number of tetrazole rings is 1. The van der Waals surface area contributed by atoms with Crippen molar-refractivity contribution in [1.82, 2.24) is 20.2 Å². The summed E-state index contributed by atoms with van der Waals surface area (Å²) in [4.78, 5) is 11.6. The molecule has 0 saturated heterocycles. The van der Waals surface area contributed by atoms with Crippen molar-refractivity contribution >= 4 is 17.7 Å². The molecule has 4 aliphatic rings. The Labute approximate surface area is 156 Å². The molecule has 0 spiro atoms. The van der Waals surface area contributed by atoms with E-state index in [0.29, 0.717) is 10.3 Å². The van der Waals surface area contributed by atoms with Crippen LogP contribution in [-0.4, -0.2) is 38.0 Å². The van der Waals surface area contributed by atoms with Gasteiger partial charge >= 0.3 is 5.97 Å². The van der Waals surface area contributed by atoms with Crippen LogP contribution in [0.4, 0.5) is 0 Å². The van der Waals surface area contributed by atoms with Gasteiger partial charge in [0.15, 0.2) is 0 Å². The number of nitrogens with zero attached hydrogens (tertiary/aromatic N) is 4. The first-order valence-corrected chi connectivity index (χ1v) is 10.1. The van der Waals surface area contributed by atoms with Gasteiger partial charge in [-0.1, -0.05) is 11.8 Å². The van der Waals surface area contributed by atoms with Crippen molar-refractivity contribution in [3.05, 3.63) is 29.8 Å². The molecule has 4 bridgehead atoms. The van der Waals surface area contributed by atoms with Crippen molar-refractivity contribution in [2.75, 3.05) is 7.11 Å². The Morgan fingerprint density at radius 1 is 1.12 bits per heavy atom. The lowest BCUT2D eigenvalue weighted by Gasteiger charge is -2.56. The Balaban J connectivity index is 1.41. The molecule has 0 N–H and O–H groups in total. The molecule has 1 aromatic carbocycles. The second kappa shape index (κ2) is 6.08. The Morgan fingerprint density at radius 2 is 1.73 bits per heavy atom. The molecular weight excluding hydrogens is 348 g/mol. The zero-order chi connectivity index (χ0) is 17.7. The van der Waals surface area contributed by atoms with Crippen LogP contribution in [0.3, 0.4) is 0 Å². The maximum absolute atomic E-state index is 11.6. The molecule has 0 amide bonds. The molecule has 1 aromatic heterocycles. The molecule has 0 radical (unpaired) electrons. The molecule has 1 heterocycles. The first kappa shape index (κ1) is 16.3. The van der Waals surface area contributed by atoms with E-state index in [1.807, 2.05) is 23.9 Å². The summed E-state index contributed by atoms with van der Waals surface area (Å²) in [6, 6.07) is 7.24. The van der Waals surface area contributed by atoms with E-state index >= 15 is 0 Å². The monoisotopic (exact) mass is 370 g/mol. The lowest BCUT2D eigenvalue weighted by atomic mass is 9.56. The van der Waals surface area contributed by atoms with Crippen molar-refractivity contribution in [2.24, 2.45) is 17.8 Å². The quantitative estimate of drug-likeness (QED) is 0.767. The molecule has 0 atom stereocenters. The summed E-state index contributed by atoms with van der Waals surface area (Å²) in [6.07, 6.45) is 8.20. The number of carbonyl (C=O) groups excluding carboxylic acids is 1. The van der Waals surface area contributed by atoms with Crippen LogP contribution in [0.1, 0.15) is 48.9 Å². The van der Waals surface area contributed by atoms with E-state index in [-0.39, 0.29) is 5.97 Å². The maximum atomic E-state index is 11.6. The van der Waals surface area contributed by atoms with Crippen LogP contribution in [0.2, 0.25) is 0 Å². The second-order valence-corrected chi connectivity index (χ2v) is 9.55. The third kappa shape index (κ3) is 2.73. The normalized spacial score (nSPS) is 32.0. The minimum Gasteiger partial charge on any atom is -0.465 e. The molecule has 0 unspecified atom stereocenters. The molecule has 4 saturated carbocycles. The van der Waals surface area contributed by atoms with Crippen molar-refractivity contribution in [3.8, 4) is 5.69 Å². The van der Waals surface area contributed by atoms with E-state index in [2.05, 4.69) is 15.5 Å². The molecule has 6 rings (SSSR count). The molecule has 0 aliphatic heterocycles. The highest BCUT2D eigenvalue weighted by molar-refractivity contribution is 8.00. The summed E-state index contributed by atoms with van der Waals surface area (Å²) in [5.74, 6) is 2.36. The Hall–Kier alpha value is -1.89. The topological polar surface area (TPSA) is 69.9 Å². The van der Waals surface area contributed by atoms with E-state index < -0.39 is 0 Å². The number of ether oxygens (including phenoxy) is 1. The first-order valence-electron chi connectivity index (χ1n) is 9.30. The smallest absolute Gasteiger partial charge is 0.337 e. The number of aromatic nitrogens is 4. The minimum atomic E-state index is -0.337. The van der Waals surface area contributed by atoms with E-state index in [1.54, 1.807) is 16.8 Å². The summed E-state index contributed by atoms with van der Waals surface area (Å²) in [5, 5.41) is 13.3. The predicted octanol–water partition coefficient (Wildman–Crippen LogP) is 3.51. The summed E-state index contributed by atoms with van der Waals surface area (Å²) in [5.41, 5.74) is 1.40. The van der Waals surface area contributed by atoms with Crippen LogP contribution in [0.5, 0.6) is 0 Å². The maximum Gasteiger partial charge on any atom is 0.337 e. The van der Waals surface area contributed by atoms with Gasteiger partial charge in [0.25, 0.3) is 0 Å². The predicted molar refractivity (Wildman–Crippen MR) is 97.3 cm³/mol. The number of hydrogen-bond donors (Lipinski definition) is 0. The SMILES string of the molecule is COC(=O)c1ccc(-n2nnnc2SC23CC4CC(CC(C4)C2)C3)cc1. The van der Waals surface area contributed by atoms with Gasteiger partial charge in [-0.15, -0.1) is 5.10 Å². The molecule has 6 nitrogen and oxygen atoms in total. The third-order valence-electron chi connectivity index (χ3n) is 6.26. The lowest BCUT2D eigenvalue weighted by molar-refractivity contribution is 0.0382. The van der Waals surface area contributed by atoms with Crippen LogP contribution in [-0.2, 0) is 4.74 Å². The summed E-state index contributed by atoms with van der Waals surface area (Å²) >= 11 is 1.88. The lowest BCUT2D eigenvalue weighted by Crippen LogP contribution is -2.48. The van der Waals surface area contributed by atoms with Crippen LogP contribution in [0.25, 0.3) is 5.69 Å². The number of esters is 1. The van der Waals surface area contributed by atoms with Gasteiger partial charge in [0.05, 0.1) is 18.4 Å². The average Bonchev–Trinajstić information content (AvgIpc) is 3.07. The van der Waals surface area contributed by atoms with Crippen molar-refractivity contribution in [2.45, 2.75) is 48.4 Å². The van der Waals surface area contributed by atoms with Crippen molar-refractivity contribution in [3.63, 3.8) is 0 Å². The van der Waals surface area contributed by atoms with Gasteiger partial charge in [-0.3, -0.25) is 0 Å². The van der Waals surface area contributed by atoms with Gasteiger partial charge in [-0.05, 0) is 91.0 Å². The second-order valence-electron chi connectivity index (χ2n) is 8.11. The number of carbonyl (C=O) groups is 1. The summed E-state index contributed by atoms with van der Waals surface area (Å²) in [6.45, 7) is 0. The van der Waals surface area contributed by atoms with E-state index in [0.717, 1.165) is 28.6 Å². The minimum absolute atomic E-state index is 0.313. The van der Waals surface area contributed by atoms with Crippen molar-refractivity contribution in [1.29, 1.82) is 0 Å². The molecule has 26 heavy (non-hydrogen) atoms. The Bertz CT molecular complexity index is 797. The third-order valence-corrected chi connectivity index (χ3v) is 7.63. The zero-order valence-corrected chi connectivity index (χ0v) is 15.6. The fourth-order valence-electron chi connectivity index (χ4n) is 5.61. The van der Waals surface area contributed by atoms with Gasteiger partial charge < -0.3 is 4.74 Å². The number of thioether (sulfide) groups is 1. The first-order chi connectivity index (χ1) is 12.6. The van der Waals surface area contributed by atoms with Gasteiger partial charge in [0.2, 0.25) is 5.16 Å². The zero-order valence-electron chi connectivity index (χ0n) is 14.8. The molecule has 136 valence electrons. The highest BCUT2D eigenvalue weighted by atomic mass is 32.2. The standard InChI is InChI=1S/C19H22N4O2S/c1-25-17(24)15-2-4-16(5-3-15)23-18(20-21-22-23)26-19-9-12-6-13(10-19)8-14(7-12)11-19/h2-5,12-14H,6-11H2,1H3. The summed E-state index contributed by atoms with van der Waals surface area (Å²) in [7, 11) is 1.39. The molecule has 4 aliphatic carbocycles. The Morgan fingerprint density at radius 3 is 2.31 bits per heavy atom. The highest BCUT2D eigenvalue weighted by Gasteiger charge is 2.52. The van der Waals surface area contributed by atoms with Gasteiger partial charge in [-0.25, -0.2) is 4.79 Å². The molecule has 7 heteroatoms. The molecular formula is C19H22N4O2S. The largest absolute Gasteiger partial charge is 0.465 e. The Kier molecular flexibility index (Phi) is 3.81. The van der Waals surface area contributed by atoms with Crippen LogP contribution in [0.15, 0.2) is 29.4 Å². The van der Waals surface area contributed by atoms with Crippen LogP contribution < -0.4 is 0 Å². The van der Waals surface area contributed by atoms with Crippen LogP contribution in [0, 0.1) is 17.8 Å². The number of rotatable bonds is 4. The highest BCUT2D eigenvalue weighted by Crippen LogP contribution is 2.61.